The molecule has 0 bridgehead atoms. The summed E-state index contributed by atoms with van der Waals surface area (Å²) in [6.07, 6.45) is 5.68. The van der Waals surface area contributed by atoms with E-state index in [9.17, 15) is 4.79 Å². The fraction of sp³-hybridized carbons (Fsp3) is 0.375. The van der Waals surface area contributed by atoms with E-state index in [2.05, 4.69) is 30.7 Å². The van der Waals surface area contributed by atoms with Gasteiger partial charge in [-0.1, -0.05) is 13.0 Å². The van der Waals surface area contributed by atoms with Gasteiger partial charge in [0.2, 0.25) is 0 Å². The molecule has 21 heavy (non-hydrogen) atoms. The van der Waals surface area contributed by atoms with Crippen LogP contribution in [0.25, 0.3) is 11.7 Å². The third kappa shape index (κ3) is 3.07. The van der Waals surface area contributed by atoms with Gasteiger partial charge in [0, 0.05) is 24.9 Å². The molecule has 0 saturated heterocycles. The lowest BCUT2D eigenvalue weighted by Gasteiger charge is -2.27. The number of hydrogen-bond acceptors (Lipinski definition) is 3. The third-order valence-electron chi connectivity index (χ3n) is 3.67. The van der Waals surface area contributed by atoms with Gasteiger partial charge in [-0.15, -0.1) is 0 Å². The molecule has 0 radical (unpaired) electrons. The van der Waals surface area contributed by atoms with Crippen LogP contribution in [0, 0.1) is 0 Å². The summed E-state index contributed by atoms with van der Waals surface area (Å²) in [5, 5.41) is 8.90. The van der Waals surface area contributed by atoms with Gasteiger partial charge in [-0.25, -0.2) is 9.78 Å². The highest BCUT2D eigenvalue weighted by Gasteiger charge is 2.19. The molecule has 0 amide bonds. The van der Waals surface area contributed by atoms with Crippen molar-refractivity contribution in [2.75, 3.05) is 11.4 Å². The quantitative estimate of drug-likeness (QED) is 0.830. The maximum absolute atomic E-state index is 10.8. The standard InChI is InChI=1S/C16H21N3O2/c1-4-12(3)18(5-2)16-13(9-10-15(20)21)19-11-7-6-8-14(19)17-16/h6-12H,4-5H2,1-3H3,(H,20,21)/b10-9+. The monoisotopic (exact) mass is 287 g/mol. The van der Waals surface area contributed by atoms with Crippen LogP contribution >= 0.6 is 0 Å². The van der Waals surface area contributed by atoms with E-state index in [4.69, 9.17) is 5.11 Å². The molecule has 2 aromatic heterocycles. The van der Waals surface area contributed by atoms with Crippen LogP contribution in [-0.4, -0.2) is 33.0 Å². The second kappa shape index (κ2) is 6.43. The SMILES string of the molecule is CCC(C)N(CC)c1nc2ccccn2c1/C=C/C(=O)O. The first-order chi connectivity index (χ1) is 10.1. The molecule has 2 aromatic rings. The molecule has 5 nitrogen and oxygen atoms in total. The van der Waals surface area contributed by atoms with Crippen molar-refractivity contribution in [1.82, 2.24) is 9.38 Å². The van der Waals surface area contributed by atoms with Crippen LogP contribution in [0.4, 0.5) is 5.82 Å². The van der Waals surface area contributed by atoms with E-state index in [1.807, 2.05) is 28.8 Å². The van der Waals surface area contributed by atoms with Gasteiger partial charge in [0.15, 0.2) is 5.82 Å². The fourth-order valence-corrected chi connectivity index (χ4v) is 2.41. The Hall–Kier alpha value is -2.30. The Bertz CT molecular complexity index is 661. The first kappa shape index (κ1) is 15.1. The number of anilines is 1. The van der Waals surface area contributed by atoms with Crippen molar-refractivity contribution in [2.45, 2.75) is 33.2 Å². The molecule has 0 spiro atoms. The molecule has 1 unspecified atom stereocenters. The molecule has 2 heterocycles. The Kier molecular flexibility index (Phi) is 4.62. The number of nitrogens with zero attached hydrogens (tertiary/aromatic N) is 3. The Balaban J connectivity index is 2.60. The average molecular weight is 287 g/mol. The van der Waals surface area contributed by atoms with Crippen LogP contribution in [0.15, 0.2) is 30.5 Å². The van der Waals surface area contributed by atoms with E-state index in [-0.39, 0.29) is 0 Å². The Labute approximate surface area is 124 Å². The van der Waals surface area contributed by atoms with Crippen LogP contribution in [0.3, 0.4) is 0 Å². The molecule has 112 valence electrons. The number of rotatable bonds is 6. The van der Waals surface area contributed by atoms with Crippen LogP contribution in [-0.2, 0) is 4.79 Å². The number of pyridine rings is 1. The van der Waals surface area contributed by atoms with Gasteiger partial charge >= 0.3 is 5.97 Å². The van der Waals surface area contributed by atoms with Gasteiger partial charge in [0.25, 0.3) is 0 Å². The fourth-order valence-electron chi connectivity index (χ4n) is 2.41. The zero-order chi connectivity index (χ0) is 15.4. The molecule has 0 aliphatic carbocycles. The van der Waals surface area contributed by atoms with Crippen LogP contribution < -0.4 is 4.90 Å². The van der Waals surface area contributed by atoms with E-state index in [1.165, 1.54) is 0 Å². The Morgan fingerprint density at radius 2 is 2.24 bits per heavy atom. The highest BCUT2D eigenvalue weighted by atomic mass is 16.4. The minimum atomic E-state index is -0.960. The van der Waals surface area contributed by atoms with Gasteiger partial charge in [-0.3, -0.25) is 4.40 Å². The normalized spacial score (nSPS) is 12.9. The van der Waals surface area contributed by atoms with Crippen molar-refractivity contribution in [3.05, 3.63) is 36.2 Å². The second-order valence-electron chi connectivity index (χ2n) is 4.96. The highest BCUT2D eigenvalue weighted by Crippen LogP contribution is 2.25. The van der Waals surface area contributed by atoms with Gasteiger partial charge < -0.3 is 10.0 Å². The highest BCUT2D eigenvalue weighted by molar-refractivity contribution is 5.86. The molecule has 0 fully saturated rings. The maximum atomic E-state index is 10.8. The molecular weight excluding hydrogens is 266 g/mol. The van der Waals surface area contributed by atoms with E-state index in [0.29, 0.717) is 6.04 Å². The predicted molar refractivity (Wildman–Crippen MR) is 84.6 cm³/mol. The van der Waals surface area contributed by atoms with E-state index in [1.54, 1.807) is 6.08 Å². The van der Waals surface area contributed by atoms with Crippen molar-refractivity contribution in [3.63, 3.8) is 0 Å². The molecule has 0 saturated carbocycles. The van der Waals surface area contributed by atoms with Crippen LogP contribution in [0.1, 0.15) is 32.9 Å². The predicted octanol–water partition coefficient (Wildman–Crippen LogP) is 3.06. The maximum Gasteiger partial charge on any atom is 0.328 e. The molecular formula is C16H21N3O2. The lowest BCUT2D eigenvalue weighted by atomic mass is 10.2. The first-order valence-corrected chi connectivity index (χ1v) is 7.23. The molecule has 0 aliphatic heterocycles. The minimum absolute atomic E-state index is 0.344. The lowest BCUT2D eigenvalue weighted by molar-refractivity contribution is -0.131. The van der Waals surface area contributed by atoms with Gasteiger partial charge in [0.05, 0.1) is 5.69 Å². The third-order valence-corrected chi connectivity index (χ3v) is 3.67. The molecule has 2 rings (SSSR count). The summed E-state index contributed by atoms with van der Waals surface area (Å²) in [5.41, 5.74) is 1.62. The summed E-state index contributed by atoms with van der Waals surface area (Å²) in [6, 6.07) is 6.11. The van der Waals surface area contributed by atoms with E-state index in [0.717, 1.165) is 36.2 Å². The lowest BCUT2D eigenvalue weighted by Crippen LogP contribution is -2.33. The number of carboxylic acid groups (broad SMARTS) is 1. The number of carbonyl (C=O) groups is 1. The summed E-state index contributed by atoms with van der Waals surface area (Å²) >= 11 is 0. The molecule has 1 N–H and O–H groups in total. The number of imidazole rings is 1. The number of carboxylic acids is 1. The zero-order valence-corrected chi connectivity index (χ0v) is 12.7. The summed E-state index contributed by atoms with van der Waals surface area (Å²) in [5.74, 6) is -0.131. The molecule has 0 aliphatic rings. The number of hydrogen-bond donors (Lipinski definition) is 1. The van der Waals surface area contributed by atoms with Gasteiger partial charge in [-0.05, 0) is 38.5 Å². The summed E-state index contributed by atoms with van der Waals surface area (Å²) in [4.78, 5) is 17.7. The van der Waals surface area contributed by atoms with Crippen molar-refractivity contribution in [3.8, 4) is 0 Å². The van der Waals surface area contributed by atoms with Crippen molar-refractivity contribution >= 4 is 23.5 Å². The molecule has 1 atom stereocenters. The topological polar surface area (TPSA) is 57.8 Å². The van der Waals surface area contributed by atoms with Crippen molar-refractivity contribution < 1.29 is 9.90 Å². The first-order valence-electron chi connectivity index (χ1n) is 7.23. The summed E-state index contributed by atoms with van der Waals surface area (Å²) < 4.78 is 1.92. The smallest absolute Gasteiger partial charge is 0.328 e. The summed E-state index contributed by atoms with van der Waals surface area (Å²) in [7, 11) is 0. The van der Waals surface area contributed by atoms with Gasteiger partial charge in [0.1, 0.15) is 5.65 Å². The largest absolute Gasteiger partial charge is 0.478 e. The summed E-state index contributed by atoms with van der Waals surface area (Å²) in [6.45, 7) is 7.20. The second-order valence-corrected chi connectivity index (χ2v) is 4.96. The van der Waals surface area contributed by atoms with Crippen molar-refractivity contribution in [2.24, 2.45) is 0 Å². The van der Waals surface area contributed by atoms with E-state index >= 15 is 0 Å². The molecule has 5 heteroatoms. The van der Waals surface area contributed by atoms with Gasteiger partial charge in [-0.2, -0.15) is 0 Å². The minimum Gasteiger partial charge on any atom is -0.478 e. The van der Waals surface area contributed by atoms with Crippen molar-refractivity contribution in [1.29, 1.82) is 0 Å². The van der Waals surface area contributed by atoms with E-state index < -0.39 is 5.97 Å². The molecule has 0 aromatic carbocycles. The Morgan fingerprint density at radius 1 is 1.48 bits per heavy atom. The van der Waals surface area contributed by atoms with Crippen LogP contribution in [0.2, 0.25) is 0 Å². The number of aromatic nitrogens is 2. The number of fused-ring (bicyclic) bond motifs is 1. The number of aliphatic carboxylic acids is 1. The Morgan fingerprint density at radius 3 is 2.86 bits per heavy atom. The zero-order valence-electron chi connectivity index (χ0n) is 12.7. The average Bonchev–Trinajstić information content (AvgIpc) is 2.84. The van der Waals surface area contributed by atoms with Crippen LogP contribution in [0.5, 0.6) is 0 Å².